The quantitative estimate of drug-likeness (QED) is 0.309. The lowest BCUT2D eigenvalue weighted by atomic mass is 9.90. The summed E-state index contributed by atoms with van der Waals surface area (Å²) in [6.45, 7) is 5.83. The highest BCUT2D eigenvalue weighted by Crippen LogP contribution is 2.29. The highest BCUT2D eigenvalue weighted by Gasteiger charge is 2.28. The summed E-state index contributed by atoms with van der Waals surface area (Å²) in [6, 6.07) is 9.30. The summed E-state index contributed by atoms with van der Waals surface area (Å²) in [4.78, 5) is 29.2. The van der Waals surface area contributed by atoms with Crippen molar-refractivity contribution in [2.45, 2.75) is 63.4 Å². The van der Waals surface area contributed by atoms with Gasteiger partial charge in [0.05, 0.1) is 52.1 Å². The Hall–Kier alpha value is -4.30. The number of hydrogen-bond donors (Lipinski definition) is 4. The first-order valence-corrected chi connectivity index (χ1v) is 12.8. The van der Waals surface area contributed by atoms with Gasteiger partial charge in [0.1, 0.15) is 12.2 Å². The number of amides is 2. The summed E-state index contributed by atoms with van der Waals surface area (Å²) < 4.78 is 16.0. The minimum atomic E-state index is -1.65. The maximum absolute atomic E-state index is 14.3. The van der Waals surface area contributed by atoms with E-state index in [1.807, 2.05) is 12.1 Å². The molecule has 11 heteroatoms. The zero-order valence-electron chi connectivity index (χ0n) is 21.9. The van der Waals surface area contributed by atoms with Crippen LogP contribution >= 0.6 is 0 Å². The van der Waals surface area contributed by atoms with Crippen molar-refractivity contribution in [2.24, 2.45) is 0 Å². The first-order chi connectivity index (χ1) is 18.6. The lowest BCUT2D eigenvalue weighted by Crippen LogP contribution is -2.42. The van der Waals surface area contributed by atoms with Gasteiger partial charge in [-0.1, -0.05) is 6.58 Å². The van der Waals surface area contributed by atoms with Gasteiger partial charge in [-0.05, 0) is 69.9 Å². The van der Waals surface area contributed by atoms with Crippen LogP contribution < -0.4 is 16.0 Å². The second kappa shape index (κ2) is 11.6. The van der Waals surface area contributed by atoms with Gasteiger partial charge in [0.15, 0.2) is 0 Å². The fourth-order valence-corrected chi connectivity index (χ4v) is 4.54. The number of nitrogens with one attached hydrogen (secondary N) is 3. The Morgan fingerprint density at radius 3 is 2.64 bits per heavy atom. The average Bonchev–Trinajstić information content (AvgIpc) is 3.35. The van der Waals surface area contributed by atoms with E-state index >= 15 is 0 Å². The predicted molar refractivity (Wildman–Crippen MR) is 145 cm³/mol. The number of carbonyl (C=O) groups excluding carboxylic acids is 2. The molecule has 1 saturated carbocycles. The molecule has 0 spiro atoms. The number of halogens is 1. The molecule has 0 aromatic carbocycles. The Labute approximate surface area is 225 Å². The summed E-state index contributed by atoms with van der Waals surface area (Å²) in [5.74, 6) is -0.719. The van der Waals surface area contributed by atoms with Crippen molar-refractivity contribution in [3.8, 4) is 17.5 Å². The van der Waals surface area contributed by atoms with Gasteiger partial charge in [-0.2, -0.15) is 10.4 Å². The number of carbonyl (C=O) groups is 2. The van der Waals surface area contributed by atoms with Crippen LogP contribution in [0.15, 0.2) is 49.3 Å². The van der Waals surface area contributed by atoms with E-state index in [2.05, 4.69) is 38.7 Å². The maximum Gasteiger partial charge on any atom is 0.255 e. The zero-order valence-corrected chi connectivity index (χ0v) is 21.9. The average molecular weight is 534 g/mol. The maximum atomic E-state index is 14.3. The van der Waals surface area contributed by atoms with Gasteiger partial charge in [-0.25, -0.2) is 8.91 Å². The van der Waals surface area contributed by atoms with Crippen molar-refractivity contribution in [3.05, 3.63) is 60.4 Å². The Balaban J connectivity index is 1.60. The summed E-state index contributed by atoms with van der Waals surface area (Å²) in [7, 11) is 0. The monoisotopic (exact) mass is 533 g/mol. The predicted octanol–water partition coefficient (Wildman–Crippen LogP) is 3.13. The molecule has 0 radical (unpaired) electrons. The van der Waals surface area contributed by atoms with Crippen molar-refractivity contribution in [2.75, 3.05) is 11.9 Å². The Morgan fingerprint density at radius 2 is 1.97 bits per heavy atom. The van der Waals surface area contributed by atoms with Crippen molar-refractivity contribution >= 4 is 23.0 Å². The van der Waals surface area contributed by atoms with Crippen LogP contribution in [0.2, 0.25) is 0 Å². The third kappa shape index (κ3) is 6.59. The van der Waals surface area contributed by atoms with Gasteiger partial charge in [0.2, 0.25) is 5.91 Å². The van der Waals surface area contributed by atoms with Gasteiger partial charge in [0, 0.05) is 18.3 Å². The van der Waals surface area contributed by atoms with Crippen LogP contribution in [0.1, 0.15) is 55.5 Å². The summed E-state index contributed by atoms with van der Waals surface area (Å²) in [6.07, 6.45) is 5.57. The number of alkyl halides is 1. The van der Waals surface area contributed by atoms with Crippen LogP contribution in [0.25, 0.3) is 16.9 Å². The molecule has 3 aromatic heterocycles. The summed E-state index contributed by atoms with van der Waals surface area (Å²) in [5.41, 5.74) is 1.56. The van der Waals surface area contributed by atoms with Gasteiger partial charge in [-0.15, -0.1) is 0 Å². The van der Waals surface area contributed by atoms with E-state index in [4.69, 9.17) is 5.26 Å². The topological polar surface area (TPSA) is 144 Å². The third-order valence-electron chi connectivity index (χ3n) is 6.87. The molecule has 3 heterocycles. The molecule has 10 nitrogen and oxygen atoms in total. The first kappa shape index (κ1) is 27.7. The molecular weight excluding hydrogens is 501 g/mol. The molecule has 0 unspecified atom stereocenters. The number of hydrogen-bond acceptors (Lipinski definition) is 7. The van der Waals surface area contributed by atoms with Crippen LogP contribution in [0, 0.1) is 11.3 Å². The molecule has 39 heavy (non-hydrogen) atoms. The molecule has 4 rings (SSSR count). The molecule has 204 valence electrons. The summed E-state index contributed by atoms with van der Waals surface area (Å²) in [5, 5.41) is 32.3. The number of fused-ring (bicyclic) bond motifs is 1. The Morgan fingerprint density at radius 1 is 1.26 bits per heavy atom. The van der Waals surface area contributed by atoms with Gasteiger partial charge in [0.25, 0.3) is 5.91 Å². The van der Waals surface area contributed by atoms with Crippen molar-refractivity contribution in [1.82, 2.24) is 25.2 Å². The van der Waals surface area contributed by atoms with E-state index in [-0.39, 0.29) is 30.1 Å². The molecule has 1 fully saturated rings. The highest BCUT2D eigenvalue weighted by atomic mass is 19.1. The molecule has 1 atom stereocenters. The molecule has 0 aliphatic heterocycles. The van der Waals surface area contributed by atoms with Crippen LogP contribution in [0.5, 0.6) is 0 Å². The molecule has 2 amide bonds. The fraction of sp³-hybridized carbons (Fsp3) is 0.393. The van der Waals surface area contributed by atoms with Crippen molar-refractivity contribution < 1.29 is 19.1 Å². The van der Waals surface area contributed by atoms with Crippen molar-refractivity contribution in [1.29, 1.82) is 5.26 Å². The number of anilines is 1. The van der Waals surface area contributed by atoms with E-state index in [0.717, 1.165) is 31.2 Å². The first-order valence-electron chi connectivity index (χ1n) is 12.8. The van der Waals surface area contributed by atoms with E-state index < -0.39 is 17.7 Å². The van der Waals surface area contributed by atoms with Crippen LogP contribution in [0.3, 0.4) is 0 Å². The van der Waals surface area contributed by atoms with E-state index in [1.54, 1.807) is 16.6 Å². The smallest absolute Gasteiger partial charge is 0.255 e. The minimum absolute atomic E-state index is 0.0364. The number of nitriles is 1. The number of nitrogens with zero attached hydrogens (tertiary/aromatic N) is 4. The Kier molecular flexibility index (Phi) is 8.26. The normalized spacial score (nSPS) is 18.1. The second-order valence-corrected chi connectivity index (χ2v) is 10.3. The van der Waals surface area contributed by atoms with E-state index in [9.17, 15) is 19.1 Å². The zero-order chi connectivity index (χ0) is 28.2. The largest absolute Gasteiger partial charge is 0.387 e. The molecule has 0 saturated heterocycles. The molecule has 3 aromatic rings. The van der Waals surface area contributed by atoms with E-state index in [0.29, 0.717) is 22.6 Å². The van der Waals surface area contributed by atoms with Crippen LogP contribution in [-0.2, 0) is 4.79 Å². The van der Waals surface area contributed by atoms with Gasteiger partial charge in [-0.3, -0.25) is 14.6 Å². The Bertz CT molecular complexity index is 1410. The SMILES string of the molecule is C=CC(=O)N[C@H]1CC[C@H](Nc2cc(-c3ccc4cc(C#N)cnn34)ncc2C(=O)NC[C@@H](F)C(C)(C)O)CC1. The molecule has 1 aliphatic rings. The number of rotatable bonds is 9. The molecule has 0 bridgehead atoms. The van der Waals surface area contributed by atoms with Gasteiger partial charge >= 0.3 is 0 Å². The molecular formula is C28H32FN7O3. The van der Waals surface area contributed by atoms with Gasteiger partial charge < -0.3 is 21.1 Å². The lowest BCUT2D eigenvalue weighted by molar-refractivity contribution is -0.117. The van der Waals surface area contributed by atoms with Crippen molar-refractivity contribution in [3.63, 3.8) is 0 Å². The lowest BCUT2D eigenvalue weighted by Gasteiger charge is -2.30. The summed E-state index contributed by atoms with van der Waals surface area (Å²) >= 11 is 0. The van der Waals surface area contributed by atoms with Crippen LogP contribution in [0.4, 0.5) is 10.1 Å². The number of aliphatic hydroxyl groups is 1. The fourth-order valence-electron chi connectivity index (χ4n) is 4.54. The second-order valence-electron chi connectivity index (χ2n) is 10.3. The highest BCUT2D eigenvalue weighted by molar-refractivity contribution is 6.00. The molecule has 1 aliphatic carbocycles. The van der Waals surface area contributed by atoms with Crippen LogP contribution in [-0.4, -0.2) is 61.9 Å². The number of pyridine rings is 1. The number of aromatic nitrogens is 3. The standard InChI is InChI=1S/C28H32FN7O3/c1-4-26(37)35-19-7-5-18(6-8-19)34-22-12-23(24-10-9-20-11-17(13-30)14-33-36(20)24)31-15-21(22)27(38)32-16-25(29)28(2,3)39/h4,9-12,14-15,18-19,25,39H,1,5-8,16H2,2-3H3,(H,31,34)(H,32,38)(H,35,37)/t18-,19-,25-/m1/s1. The third-order valence-corrected chi connectivity index (χ3v) is 6.87. The molecule has 4 N–H and O–H groups in total. The van der Waals surface area contributed by atoms with E-state index in [1.165, 1.54) is 32.3 Å². The minimum Gasteiger partial charge on any atom is -0.387 e.